The number of rotatable bonds is 3. The lowest BCUT2D eigenvalue weighted by molar-refractivity contribution is 0.0697. The van der Waals surface area contributed by atoms with E-state index in [1.807, 2.05) is 0 Å². The number of nitrogens with zero attached hydrogens (tertiary/aromatic N) is 2. The summed E-state index contributed by atoms with van der Waals surface area (Å²) < 4.78 is 18.5. The molecule has 1 aromatic heterocycles. The smallest absolute Gasteiger partial charge is 0.339 e. The summed E-state index contributed by atoms with van der Waals surface area (Å²) in [6, 6.07) is 4.16. The summed E-state index contributed by atoms with van der Waals surface area (Å²) in [5, 5.41) is 9.09. The second-order valence-electron chi connectivity index (χ2n) is 3.83. The molecule has 0 aliphatic carbocycles. The lowest BCUT2D eigenvalue weighted by Gasteiger charge is -2.08. The number of aromatic carboxylic acids is 1. The quantitative estimate of drug-likeness (QED) is 0.918. The highest BCUT2D eigenvalue weighted by Gasteiger charge is 2.16. The molecule has 19 heavy (non-hydrogen) atoms. The van der Waals surface area contributed by atoms with Crippen LogP contribution in [0.4, 0.5) is 4.39 Å². The SMILES string of the molecule is COc1ccc(-c2nc(C)ncc2C(=O)O)cc1F. The van der Waals surface area contributed by atoms with E-state index in [1.54, 1.807) is 13.0 Å². The summed E-state index contributed by atoms with van der Waals surface area (Å²) in [4.78, 5) is 19.0. The Kier molecular flexibility index (Phi) is 3.41. The van der Waals surface area contributed by atoms with Gasteiger partial charge in [-0.2, -0.15) is 0 Å². The van der Waals surface area contributed by atoms with Crippen molar-refractivity contribution in [1.29, 1.82) is 0 Å². The van der Waals surface area contributed by atoms with Gasteiger partial charge in [0.05, 0.1) is 12.8 Å². The van der Waals surface area contributed by atoms with Gasteiger partial charge in [0, 0.05) is 11.8 Å². The van der Waals surface area contributed by atoms with Crippen molar-refractivity contribution in [2.45, 2.75) is 6.92 Å². The van der Waals surface area contributed by atoms with Gasteiger partial charge in [0.2, 0.25) is 0 Å². The van der Waals surface area contributed by atoms with Crippen LogP contribution in [0.2, 0.25) is 0 Å². The Morgan fingerprint density at radius 2 is 2.16 bits per heavy atom. The molecule has 2 aromatic rings. The maximum Gasteiger partial charge on any atom is 0.339 e. The topological polar surface area (TPSA) is 72.3 Å². The van der Waals surface area contributed by atoms with Crippen molar-refractivity contribution in [1.82, 2.24) is 9.97 Å². The van der Waals surface area contributed by atoms with Gasteiger partial charge in [-0.05, 0) is 25.1 Å². The fourth-order valence-electron chi connectivity index (χ4n) is 1.66. The van der Waals surface area contributed by atoms with Crippen LogP contribution in [0.25, 0.3) is 11.3 Å². The van der Waals surface area contributed by atoms with E-state index in [9.17, 15) is 9.18 Å². The summed E-state index contributed by atoms with van der Waals surface area (Å²) in [7, 11) is 1.36. The Morgan fingerprint density at radius 3 is 2.74 bits per heavy atom. The fraction of sp³-hybridized carbons (Fsp3) is 0.154. The third-order valence-electron chi connectivity index (χ3n) is 2.56. The number of carbonyl (C=O) groups is 1. The minimum atomic E-state index is -1.16. The molecule has 1 heterocycles. The lowest BCUT2D eigenvalue weighted by atomic mass is 10.1. The molecule has 0 unspecified atom stereocenters. The average molecular weight is 262 g/mol. The molecule has 0 atom stereocenters. The summed E-state index contributed by atoms with van der Waals surface area (Å²) in [6.45, 7) is 1.63. The van der Waals surface area contributed by atoms with Crippen LogP contribution >= 0.6 is 0 Å². The molecule has 0 bridgehead atoms. The van der Waals surface area contributed by atoms with Gasteiger partial charge in [-0.1, -0.05) is 0 Å². The second kappa shape index (κ2) is 5.01. The zero-order valence-electron chi connectivity index (χ0n) is 10.3. The Morgan fingerprint density at radius 1 is 1.42 bits per heavy atom. The van der Waals surface area contributed by atoms with Crippen molar-refractivity contribution >= 4 is 5.97 Å². The van der Waals surface area contributed by atoms with E-state index in [2.05, 4.69) is 9.97 Å². The number of aromatic nitrogens is 2. The highest BCUT2D eigenvalue weighted by Crippen LogP contribution is 2.26. The van der Waals surface area contributed by atoms with Gasteiger partial charge in [0.1, 0.15) is 11.4 Å². The summed E-state index contributed by atoms with van der Waals surface area (Å²) >= 11 is 0. The number of hydrogen-bond donors (Lipinski definition) is 1. The van der Waals surface area contributed by atoms with Crippen molar-refractivity contribution in [2.24, 2.45) is 0 Å². The van der Waals surface area contributed by atoms with Gasteiger partial charge < -0.3 is 9.84 Å². The number of aryl methyl sites for hydroxylation is 1. The van der Waals surface area contributed by atoms with E-state index in [0.717, 1.165) is 0 Å². The molecule has 0 aliphatic rings. The van der Waals surface area contributed by atoms with Crippen molar-refractivity contribution in [3.8, 4) is 17.0 Å². The average Bonchev–Trinajstić information content (AvgIpc) is 2.38. The maximum absolute atomic E-state index is 13.7. The molecule has 0 radical (unpaired) electrons. The van der Waals surface area contributed by atoms with E-state index in [0.29, 0.717) is 11.4 Å². The molecule has 0 saturated heterocycles. The third kappa shape index (κ3) is 2.52. The molecule has 5 nitrogen and oxygen atoms in total. The van der Waals surface area contributed by atoms with Crippen LogP contribution in [0.15, 0.2) is 24.4 Å². The third-order valence-corrected chi connectivity index (χ3v) is 2.56. The standard InChI is InChI=1S/C13H11FN2O3/c1-7-15-6-9(13(17)18)12(16-7)8-3-4-11(19-2)10(14)5-8/h3-6H,1-2H3,(H,17,18). The zero-order valence-corrected chi connectivity index (χ0v) is 10.3. The number of benzene rings is 1. The van der Waals surface area contributed by atoms with Gasteiger partial charge in [-0.25, -0.2) is 19.2 Å². The van der Waals surface area contributed by atoms with Crippen LogP contribution in [-0.2, 0) is 0 Å². The normalized spacial score (nSPS) is 10.3. The Bertz CT molecular complexity index is 644. The van der Waals surface area contributed by atoms with E-state index in [-0.39, 0.29) is 17.0 Å². The molecule has 1 aromatic carbocycles. The highest BCUT2D eigenvalue weighted by molar-refractivity contribution is 5.94. The van der Waals surface area contributed by atoms with Crippen LogP contribution in [0.1, 0.15) is 16.2 Å². The van der Waals surface area contributed by atoms with Crippen LogP contribution in [0.3, 0.4) is 0 Å². The molecular weight excluding hydrogens is 251 g/mol. The van der Waals surface area contributed by atoms with Gasteiger partial charge in [0.25, 0.3) is 0 Å². The summed E-state index contributed by atoms with van der Waals surface area (Å²) in [5.74, 6) is -1.23. The molecule has 2 rings (SSSR count). The zero-order chi connectivity index (χ0) is 14.0. The molecule has 0 spiro atoms. The first kappa shape index (κ1) is 12.9. The van der Waals surface area contributed by atoms with Crippen molar-refractivity contribution in [2.75, 3.05) is 7.11 Å². The largest absolute Gasteiger partial charge is 0.494 e. The minimum absolute atomic E-state index is 0.0739. The molecule has 6 heteroatoms. The number of hydrogen-bond acceptors (Lipinski definition) is 4. The number of carboxylic acid groups (broad SMARTS) is 1. The highest BCUT2D eigenvalue weighted by atomic mass is 19.1. The first-order valence-corrected chi connectivity index (χ1v) is 5.43. The Hall–Kier alpha value is -2.50. The first-order valence-electron chi connectivity index (χ1n) is 5.43. The van der Waals surface area contributed by atoms with Gasteiger partial charge in [-0.15, -0.1) is 0 Å². The number of methoxy groups -OCH3 is 1. The first-order chi connectivity index (χ1) is 9.02. The molecule has 0 aliphatic heterocycles. The van der Waals surface area contributed by atoms with Crippen LogP contribution < -0.4 is 4.74 Å². The monoisotopic (exact) mass is 262 g/mol. The number of halogens is 1. The van der Waals surface area contributed by atoms with E-state index in [4.69, 9.17) is 9.84 Å². The van der Waals surface area contributed by atoms with Crippen LogP contribution in [0.5, 0.6) is 5.75 Å². The van der Waals surface area contributed by atoms with Crippen molar-refractivity contribution in [3.63, 3.8) is 0 Å². The number of carboxylic acids is 1. The Balaban J connectivity index is 2.61. The van der Waals surface area contributed by atoms with Gasteiger partial charge in [0.15, 0.2) is 11.6 Å². The van der Waals surface area contributed by atoms with Crippen LogP contribution in [0, 0.1) is 12.7 Å². The lowest BCUT2D eigenvalue weighted by Crippen LogP contribution is -2.04. The van der Waals surface area contributed by atoms with Gasteiger partial charge >= 0.3 is 5.97 Å². The van der Waals surface area contributed by atoms with E-state index in [1.165, 1.54) is 25.4 Å². The predicted molar refractivity (Wildman–Crippen MR) is 65.7 cm³/mol. The maximum atomic E-state index is 13.7. The summed E-state index contributed by atoms with van der Waals surface area (Å²) in [5.41, 5.74) is 0.470. The predicted octanol–water partition coefficient (Wildman–Crippen LogP) is 2.30. The van der Waals surface area contributed by atoms with Crippen molar-refractivity contribution in [3.05, 3.63) is 41.6 Å². The van der Waals surface area contributed by atoms with Crippen LogP contribution in [-0.4, -0.2) is 28.2 Å². The van der Waals surface area contributed by atoms with E-state index < -0.39 is 11.8 Å². The van der Waals surface area contributed by atoms with Gasteiger partial charge in [-0.3, -0.25) is 0 Å². The fourth-order valence-corrected chi connectivity index (χ4v) is 1.66. The molecule has 0 saturated carbocycles. The second-order valence-corrected chi connectivity index (χ2v) is 3.83. The van der Waals surface area contributed by atoms with Crippen molar-refractivity contribution < 1.29 is 19.0 Å². The molecule has 1 N–H and O–H groups in total. The molecule has 0 amide bonds. The molecule has 0 fully saturated rings. The summed E-state index contributed by atoms with van der Waals surface area (Å²) in [6.07, 6.45) is 1.21. The molecular formula is C13H11FN2O3. The molecule has 98 valence electrons. The number of ether oxygens (including phenoxy) is 1. The minimum Gasteiger partial charge on any atom is -0.494 e. The van der Waals surface area contributed by atoms with E-state index >= 15 is 0 Å². The Labute approximate surface area is 108 Å².